The number of rotatable bonds is 8. The highest BCUT2D eigenvalue weighted by Gasteiger charge is 2.21. The van der Waals surface area contributed by atoms with Crippen LogP contribution < -0.4 is 10.5 Å². The molecular formula is C16H27N3O. The molecule has 0 radical (unpaired) electrons. The van der Waals surface area contributed by atoms with Gasteiger partial charge in [-0.15, -0.1) is 0 Å². The lowest BCUT2D eigenvalue weighted by atomic mass is 9.86. The Hall–Kier alpha value is -1.55. The van der Waals surface area contributed by atoms with Crippen LogP contribution in [-0.4, -0.2) is 31.4 Å². The molecular weight excluding hydrogens is 250 g/mol. The summed E-state index contributed by atoms with van der Waals surface area (Å²) >= 11 is 0. The first-order valence-corrected chi connectivity index (χ1v) is 7.02. The van der Waals surface area contributed by atoms with Crippen LogP contribution in [-0.2, 0) is 6.54 Å². The number of nitrogens with one attached hydrogen (secondary N) is 1. The van der Waals surface area contributed by atoms with Crippen LogP contribution in [0.4, 0.5) is 0 Å². The molecule has 0 saturated heterocycles. The summed E-state index contributed by atoms with van der Waals surface area (Å²) < 4.78 is 5.37. The Morgan fingerprint density at radius 3 is 2.60 bits per heavy atom. The van der Waals surface area contributed by atoms with Crippen LogP contribution in [0.1, 0.15) is 32.3 Å². The van der Waals surface area contributed by atoms with Gasteiger partial charge in [-0.3, -0.25) is 5.41 Å². The maximum absolute atomic E-state index is 7.56. The number of ether oxygens (including phenoxy) is 1. The van der Waals surface area contributed by atoms with Gasteiger partial charge in [0.25, 0.3) is 0 Å². The molecule has 0 atom stereocenters. The van der Waals surface area contributed by atoms with Gasteiger partial charge in [-0.05, 0) is 32.5 Å². The lowest BCUT2D eigenvalue weighted by Gasteiger charge is -2.24. The molecule has 0 spiro atoms. The number of amidine groups is 1. The summed E-state index contributed by atoms with van der Waals surface area (Å²) in [7, 11) is 3.81. The smallest absolute Gasteiger partial charge is 0.123 e. The highest BCUT2D eigenvalue weighted by atomic mass is 16.5. The lowest BCUT2D eigenvalue weighted by Crippen LogP contribution is -2.31. The normalized spacial score (nSPS) is 11.7. The van der Waals surface area contributed by atoms with Crippen LogP contribution in [0.15, 0.2) is 24.3 Å². The van der Waals surface area contributed by atoms with E-state index in [1.54, 1.807) is 7.11 Å². The first-order valence-electron chi connectivity index (χ1n) is 7.02. The quantitative estimate of drug-likeness (QED) is 0.567. The van der Waals surface area contributed by atoms with Crippen LogP contribution >= 0.6 is 0 Å². The Bertz CT molecular complexity index is 443. The van der Waals surface area contributed by atoms with Crippen LogP contribution in [0.25, 0.3) is 0 Å². The van der Waals surface area contributed by atoms with Gasteiger partial charge in [0.2, 0.25) is 0 Å². The standard InChI is InChI=1S/C16H27N3O/c1-16(2,15(17)18)10-7-11-19(3)12-13-8-5-6-9-14(13)20-4/h5-6,8-9H,7,10-12H2,1-4H3,(H3,17,18). The number of hydrogen-bond donors (Lipinski definition) is 2. The van der Waals surface area contributed by atoms with E-state index in [1.807, 2.05) is 32.0 Å². The monoisotopic (exact) mass is 277 g/mol. The summed E-state index contributed by atoms with van der Waals surface area (Å²) in [6, 6.07) is 8.10. The van der Waals surface area contributed by atoms with Crippen molar-refractivity contribution in [2.45, 2.75) is 33.2 Å². The zero-order chi connectivity index (χ0) is 15.2. The molecule has 1 aromatic carbocycles. The van der Waals surface area contributed by atoms with Gasteiger partial charge in [0, 0.05) is 17.5 Å². The van der Waals surface area contributed by atoms with Gasteiger partial charge in [-0.1, -0.05) is 32.0 Å². The predicted molar refractivity (Wildman–Crippen MR) is 84.3 cm³/mol. The predicted octanol–water partition coefficient (Wildman–Crippen LogP) is 2.87. The maximum atomic E-state index is 7.56. The molecule has 4 nitrogen and oxygen atoms in total. The molecule has 0 fully saturated rings. The molecule has 0 bridgehead atoms. The fourth-order valence-corrected chi connectivity index (χ4v) is 2.13. The maximum Gasteiger partial charge on any atom is 0.123 e. The van der Waals surface area contributed by atoms with Crippen LogP contribution in [0.2, 0.25) is 0 Å². The van der Waals surface area contributed by atoms with Crippen molar-refractivity contribution in [1.29, 1.82) is 5.41 Å². The second kappa shape index (κ2) is 7.29. The van der Waals surface area contributed by atoms with Gasteiger partial charge in [0.1, 0.15) is 5.75 Å². The first kappa shape index (κ1) is 16.5. The molecule has 0 aliphatic carbocycles. The summed E-state index contributed by atoms with van der Waals surface area (Å²) in [5.74, 6) is 1.20. The summed E-state index contributed by atoms with van der Waals surface area (Å²) in [6.45, 7) is 5.89. The molecule has 0 unspecified atom stereocenters. The topological polar surface area (TPSA) is 62.3 Å². The second-order valence-electron chi connectivity index (χ2n) is 5.95. The van der Waals surface area contributed by atoms with Crippen LogP contribution in [0, 0.1) is 10.8 Å². The SMILES string of the molecule is COc1ccccc1CN(C)CCCC(C)(C)C(=N)N. The number of nitrogens with zero attached hydrogens (tertiary/aromatic N) is 1. The molecule has 20 heavy (non-hydrogen) atoms. The van der Waals surface area contributed by atoms with Crippen molar-refractivity contribution in [3.63, 3.8) is 0 Å². The fraction of sp³-hybridized carbons (Fsp3) is 0.562. The number of methoxy groups -OCH3 is 1. The van der Waals surface area contributed by atoms with Gasteiger partial charge in [0.05, 0.1) is 12.9 Å². The summed E-state index contributed by atoms with van der Waals surface area (Å²) in [5.41, 5.74) is 6.60. The van der Waals surface area contributed by atoms with E-state index >= 15 is 0 Å². The van der Waals surface area contributed by atoms with E-state index in [-0.39, 0.29) is 11.3 Å². The minimum atomic E-state index is -0.203. The zero-order valence-corrected chi connectivity index (χ0v) is 13.1. The Morgan fingerprint density at radius 1 is 1.35 bits per heavy atom. The molecule has 0 heterocycles. The number of nitrogens with two attached hydrogens (primary N) is 1. The largest absolute Gasteiger partial charge is 0.496 e. The van der Waals surface area contributed by atoms with Crippen LogP contribution in [0.3, 0.4) is 0 Å². The van der Waals surface area contributed by atoms with Crippen molar-refractivity contribution in [2.24, 2.45) is 11.1 Å². The third-order valence-corrected chi connectivity index (χ3v) is 3.70. The molecule has 3 N–H and O–H groups in total. The number of benzene rings is 1. The molecule has 0 amide bonds. The van der Waals surface area contributed by atoms with E-state index < -0.39 is 0 Å². The van der Waals surface area contributed by atoms with Gasteiger partial charge in [0.15, 0.2) is 0 Å². The molecule has 0 aliphatic heterocycles. The van der Waals surface area contributed by atoms with E-state index in [0.29, 0.717) is 0 Å². The average molecular weight is 277 g/mol. The highest BCUT2D eigenvalue weighted by molar-refractivity contribution is 5.82. The Morgan fingerprint density at radius 2 is 2.00 bits per heavy atom. The molecule has 112 valence electrons. The molecule has 0 aromatic heterocycles. The van der Waals surface area contributed by atoms with Gasteiger partial charge in [-0.25, -0.2) is 0 Å². The average Bonchev–Trinajstić information content (AvgIpc) is 2.39. The van der Waals surface area contributed by atoms with E-state index in [1.165, 1.54) is 5.56 Å². The van der Waals surface area contributed by atoms with Crippen LogP contribution in [0.5, 0.6) is 5.75 Å². The Balaban J connectivity index is 2.44. The van der Waals surface area contributed by atoms with Gasteiger partial charge in [-0.2, -0.15) is 0 Å². The summed E-state index contributed by atoms with van der Waals surface area (Å²) in [5, 5.41) is 7.56. The fourth-order valence-electron chi connectivity index (χ4n) is 2.13. The highest BCUT2D eigenvalue weighted by Crippen LogP contribution is 2.23. The Kier molecular flexibility index (Phi) is 6.02. The number of hydrogen-bond acceptors (Lipinski definition) is 3. The van der Waals surface area contributed by atoms with Crippen molar-refractivity contribution in [2.75, 3.05) is 20.7 Å². The lowest BCUT2D eigenvalue weighted by molar-refractivity contribution is 0.294. The third-order valence-electron chi connectivity index (χ3n) is 3.70. The molecule has 1 rings (SSSR count). The molecule has 0 saturated carbocycles. The van der Waals surface area contributed by atoms with E-state index in [9.17, 15) is 0 Å². The van der Waals surface area contributed by atoms with Gasteiger partial charge < -0.3 is 15.4 Å². The molecule has 1 aromatic rings. The summed E-state index contributed by atoms with van der Waals surface area (Å²) in [6.07, 6.45) is 1.96. The number of para-hydroxylation sites is 1. The van der Waals surface area contributed by atoms with Crippen molar-refractivity contribution < 1.29 is 4.74 Å². The van der Waals surface area contributed by atoms with E-state index in [4.69, 9.17) is 15.9 Å². The van der Waals surface area contributed by atoms with Crippen molar-refractivity contribution in [3.05, 3.63) is 29.8 Å². The van der Waals surface area contributed by atoms with Crippen molar-refractivity contribution in [1.82, 2.24) is 4.90 Å². The first-order chi connectivity index (χ1) is 9.36. The Labute approximate surface area is 122 Å². The van der Waals surface area contributed by atoms with E-state index in [0.717, 1.165) is 31.7 Å². The minimum absolute atomic E-state index is 0.203. The summed E-state index contributed by atoms with van der Waals surface area (Å²) in [4.78, 5) is 2.27. The van der Waals surface area contributed by atoms with Crippen molar-refractivity contribution >= 4 is 5.84 Å². The molecule has 0 aliphatic rings. The molecule has 4 heteroatoms. The minimum Gasteiger partial charge on any atom is -0.496 e. The van der Waals surface area contributed by atoms with E-state index in [2.05, 4.69) is 18.0 Å². The third kappa shape index (κ3) is 4.85. The van der Waals surface area contributed by atoms with Gasteiger partial charge >= 0.3 is 0 Å². The second-order valence-corrected chi connectivity index (χ2v) is 5.95. The zero-order valence-electron chi connectivity index (χ0n) is 13.1. The van der Waals surface area contributed by atoms with Crippen molar-refractivity contribution in [3.8, 4) is 5.75 Å².